The van der Waals surface area contributed by atoms with E-state index in [0.29, 0.717) is 28.4 Å². The second-order valence-electron chi connectivity index (χ2n) is 5.95. The summed E-state index contributed by atoms with van der Waals surface area (Å²) in [6.45, 7) is 2.68. The maximum atomic E-state index is 12.4. The van der Waals surface area contributed by atoms with Gasteiger partial charge in [-0.25, -0.2) is 0 Å². The number of amides is 2. The number of carbonyl (C=O) groups is 2. The van der Waals surface area contributed by atoms with Crippen LogP contribution in [-0.2, 0) is 4.79 Å². The van der Waals surface area contributed by atoms with Gasteiger partial charge in [0.25, 0.3) is 5.91 Å². The fourth-order valence-corrected chi connectivity index (χ4v) is 3.21. The first-order valence-electron chi connectivity index (χ1n) is 8.05. The molecule has 25 heavy (non-hydrogen) atoms. The van der Waals surface area contributed by atoms with E-state index in [0.717, 1.165) is 24.2 Å². The van der Waals surface area contributed by atoms with Gasteiger partial charge in [-0.05, 0) is 55.3 Å². The van der Waals surface area contributed by atoms with Crippen LogP contribution in [0.4, 0.5) is 11.4 Å². The van der Waals surface area contributed by atoms with Crippen molar-refractivity contribution in [3.63, 3.8) is 0 Å². The minimum absolute atomic E-state index is 0.146. The summed E-state index contributed by atoms with van der Waals surface area (Å²) >= 11 is 6.07. The van der Waals surface area contributed by atoms with Crippen LogP contribution in [0, 0.1) is 6.92 Å². The van der Waals surface area contributed by atoms with Crippen LogP contribution in [0.25, 0.3) is 0 Å². The van der Waals surface area contributed by atoms with E-state index in [4.69, 9.17) is 16.3 Å². The number of halogens is 1. The molecule has 1 fully saturated rings. The maximum absolute atomic E-state index is 12.4. The summed E-state index contributed by atoms with van der Waals surface area (Å²) in [5, 5.41) is 3.23. The number of methoxy groups -OCH3 is 1. The van der Waals surface area contributed by atoms with Gasteiger partial charge >= 0.3 is 0 Å². The molecule has 0 saturated carbocycles. The van der Waals surface area contributed by atoms with Gasteiger partial charge in [0.15, 0.2) is 0 Å². The van der Waals surface area contributed by atoms with Crippen LogP contribution in [0.1, 0.15) is 28.8 Å². The third-order valence-corrected chi connectivity index (χ3v) is 4.53. The fourth-order valence-electron chi connectivity index (χ4n) is 2.95. The van der Waals surface area contributed by atoms with Crippen molar-refractivity contribution in [2.45, 2.75) is 19.8 Å². The van der Waals surface area contributed by atoms with E-state index in [2.05, 4.69) is 5.32 Å². The summed E-state index contributed by atoms with van der Waals surface area (Å²) < 4.78 is 5.09. The quantitative estimate of drug-likeness (QED) is 0.897. The van der Waals surface area contributed by atoms with Crippen molar-refractivity contribution in [2.75, 3.05) is 23.9 Å². The van der Waals surface area contributed by atoms with Crippen molar-refractivity contribution in [2.24, 2.45) is 0 Å². The highest BCUT2D eigenvalue weighted by Gasteiger charge is 2.23. The van der Waals surface area contributed by atoms with E-state index in [1.54, 1.807) is 29.2 Å². The van der Waals surface area contributed by atoms with Crippen LogP contribution < -0.4 is 15.0 Å². The number of nitrogens with one attached hydrogen (secondary N) is 1. The van der Waals surface area contributed by atoms with Gasteiger partial charge in [0.2, 0.25) is 5.91 Å². The zero-order valence-electron chi connectivity index (χ0n) is 14.1. The molecular weight excluding hydrogens is 340 g/mol. The summed E-state index contributed by atoms with van der Waals surface area (Å²) in [6.07, 6.45) is 1.48. The molecule has 0 bridgehead atoms. The van der Waals surface area contributed by atoms with E-state index in [1.165, 1.54) is 7.11 Å². The molecule has 5 nitrogen and oxygen atoms in total. The number of nitrogens with zero attached hydrogens (tertiary/aromatic N) is 1. The number of rotatable bonds is 4. The summed E-state index contributed by atoms with van der Waals surface area (Å²) in [4.78, 5) is 26.1. The molecule has 3 rings (SSSR count). The van der Waals surface area contributed by atoms with E-state index in [1.807, 2.05) is 19.1 Å². The molecule has 1 saturated heterocycles. The Kier molecular flexibility index (Phi) is 4.95. The summed E-state index contributed by atoms with van der Waals surface area (Å²) in [5.41, 5.74) is 2.96. The van der Waals surface area contributed by atoms with Crippen LogP contribution in [0.2, 0.25) is 5.02 Å². The van der Waals surface area contributed by atoms with E-state index < -0.39 is 0 Å². The van der Waals surface area contributed by atoms with Gasteiger partial charge in [0.1, 0.15) is 5.75 Å². The predicted octanol–water partition coefficient (Wildman–Crippen LogP) is 4.04. The molecule has 0 aliphatic carbocycles. The lowest BCUT2D eigenvalue weighted by atomic mass is 10.1. The molecule has 6 heteroatoms. The first-order valence-corrected chi connectivity index (χ1v) is 8.43. The van der Waals surface area contributed by atoms with Crippen molar-refractivity contribution < 1.29 is 14.3 Å². The molecule has 1 N–H and O–H groups in total. The zero-order valence-corrected chi connectivity index (χ0v) is 14.9. The van der Waals surface area contributed by atoms with Crippen molar-refractivity contribution in [3.8, 4) is 5.75 Å². The molecule has 130 valence electrons. The van der Waals surface area contributed by atoms with E-state index in [9.17, 15) is 9.59 Å². The van der Waals surface area contributed by atoms with Gasteiger partial charge in [0.05, 0.1) is 12.1 Å². The maximum Gasteiger partial charge on any atom is 0.255 e. The SMILES string of the molecule is COc1ccc(C(=O)Nc2ccc(N3CCCC3=O)c(C)c2)cc1Cl. The Balaban J connectivity index is 1.76. The van der Waals surface area contributed by atoms with E-state index in [-0.39, 0.29) is 11.8 Å². The third-order valence-electron chi connectivity index (χ3n) is 4.23. The summed E-state index contributed by atoms with van der Waals surface area (Å²) in [6, 6.07) is 10.4. The average Bonchev–Trinajstić information content (AvgIpc) is 3.00. The van der Waals surface area contributed by atoms with Crippen LogP contribution in [0.15, 0.2) is 36.4 Å². The lowest BCUT2D eigenvalue weighted by Crippen LogP contribution is -2.24. The van der Waals surface area contributed by atoms with Gasteiger partial charge in [-0.1, -0.05) is 11.6 Å². The predicted molar refractivity (Wildman–Crippen MR) is 98.7 cm³/mol. The molecule has 1 aliphatic rings. The number of hydrogen-bond acceptors (Lipinski definition) is 3. The van der Waals surface area contributed by atoms with Crippen molar-refractivity contribution in [3.05, 3.63) is 52.5 Å². The minimum atomic E-state index is -0.256. The highest BCUT2D eigenvalue weighted by atomic mass is 35.5. The molecule has 2 aromatic rings. The second kappa shape index (κ2) is 7.15. The second-order valence-corrected chi connectivity index (χ2v) is 6.36. The molecule has 0 radical (unpaired) electrons. The number of hydrogen-bond donors (Lipinski definition) is 1. The van der Waals surface area contributed by atoms with Crippen LogP contribution in [-0.4, -0.2) is 25.5 Å². The number of anilines is 2. The van der Waals surface area contributed by atoms with Gasteiger partial charge in [-0.3, -0.25) is 9.59 Å². The van der Waals surface area contributed by atoms with Gasteiger partial charge < -0.3 is 15.0 Å². The first-order chi connectivity index (χ1) is 12.0. The molecular formula is C19H19ClN2O3. The molecule has 2 aromatic carbocycles. The number of carbonyl (C=O) groups excluding carboxylic acids is 2. The Morgan fingerprint density at radius 3 is 2.64 bits per heavy atom. The first kappa shape index (κ1) is 17.3. The molecule has 0 spiro atoms. The highest BCUT2D eigenvalue weighted by Crippen LogP contribution is 2.28. The largest absolute Gasteiger partial charge is 0.495 e. The third kappa shape index (κ3) is 3.61. The smallest absolute Gasteiger partial charge is 0.255 e. The summed E-state index contributed by atoms with van der Waals surface area (Å²) in [5.74, 6) is 0.412. The van der Waals surface area contributed by atoms with Gasteiger partial charge in [0, 0.05) is 29.9 Å². The zero-order chi connectivity index (χ0) is 18.0. The Labute approximate surface area is 151 Å². The number of aryl methyl sites for hydroxylation is 1. The van der Waals surface area contributed by atoms with Crippen LogP contribution in [0.5, 0.6) is 5.75 Å². The van der Waals surface area contributed by atoms with Gasteiger partial charge in [-0.2, -0.15) is 0 Å². The molecule has 0 unspecified atom stereocenters. The molecule has 0 atom stereocenters. The Hall–Kier alpha value is -2.53. The van der Waals surface area contributed by atoms with Crippen molar-refractivity contribution >= 4 is 34.8 Å². The number of benzene rings is 2. The standard InChI is InChI=1S/C19H19ClN2O3/c1-12-10-14(6-7-16(12)22-9-3-4-18(22)23)21-19(24)13-5-8-17(25-2)15(20)11-13/h5-8,10-11H,3-4,9H2,1-2H3,(H,21,24). The van der Waals surface area contributed by atoms with Crippen LogP contribution in [0.3, 0.4) is 0 Å². The Bertz CT molecular complexity index is 835. The topological polar surface area (TPSA) is 58.6 Å². The minimum Gasteiger partial charge on any atom is -0.495 e. The fraction of sp³-hybridized carbons (Fsp3) is 0.263. The van der Waals surface area contributed by atoms with Gasteiger partial charge in [-0.15, -0.1) is 0 Å². The number of ether oxygens (including phenoxy) is 1. The highest BCUT2D eigenvalue weighted by molar-refractivity contribution is 6.32. The molecule has 0 aromatic heterocycles. The monoisotopic (exact) mass is 358 g/mol. The lowest BCUT2D eigenvalue weighted by molar-refractivity contribution is -0.117. The average molecular weight is 359 g/mol. The van der Waals surface area contributed by atoms with Crippen molar-refractivity contribution in [1.82, 2.24) is 0 Å². The van der Waals surface area contributed by atoms with Crippen LogP contribution >= 0.6 is 11.6 Å². The normalized spacial score (nSPS) is 13.9. The summed E-state index contributed by atoms with van der Waals surface area (Å²) in [7, 11) is 1.52. The molecule has 1 heterocycles. The lowest BCUT2D eigenvalue weighted by Gasteiger charge is -2.19. The Morgan fingerprint density at radius 2 is 2.04 bits per heavy atom. The molecule has 1 aliphatic heterocycles. The Morgan fingerprint density at radius 1 is 1.24 bits per heavy atom. The van der Waals surface area contributed by atoms with Crippen molar-refractivity contribution in [1.29, 1.82) is 0 Å². The molecule has 2 amide bonds. The van der Waals surface area contributed by atoms with E-state index >= 15 is 0 Å².